The summed E-state index contributed by atoms with van der Waals surface area (Å²) in [6, 6.07) is 1.68. The third-order valence-electron chi connectivity index (χ3n) is 5.10. The molecule has 0 aromatic carbocycles. The zero-order valence-corrected chi connectivity index (χ0v) is 12.4. The minimum absolute atomic E-state index is 0.790. The molecule has 2 nitrogen and oxygen atoms in total. The molecule has 2 unspecified atom stereocenters. The normalized spacial score (nSPS) is 36.7. The van der Waals surface area contributed by atoms with Gasteiger partial charge in [0, 0.05) is 24.4 Å². The number of thioether (sulfide) groups is 1. The van der Waals surface area contributed by atoms with Crippen molar-refractivity contribution < 1.29 is 0 Å². The Balaban J connectivity index is 1.59. The molecule has 104 valence electrons. The van der Waals surface area contributed by atoms with Crippen LogP contribution in [-0.2, 0) is 0 Å². The van der Waals surface area contributed by atoms with Crippen LogP contribution in [0.5, 0.6) is 0 Å². The maximum Gasteiger partial charge on any atom is 0.0223 e. The fraction of sp³-hybridized carbons (Fsp3) is 1.00. The Morgan fingerprint density at radius 1 is 1.00 bits per heavy atom. The van der Waals surface area contributed by atoms with E-state index < -0.39 is 0 Å². The Labute approximate surface area is 116 Å². The largest absolute Gasteiger partial charge is 0.312 e. The lowest BCUT2D eigenvalue weighted by atomic mass is 9.83. The highest BCUT2D eigenvalue weighted by molar-refractivity contribution is 7.99. The van der Waals surface area contributed by atoms with Gasteiger partial charge in [0.15, 0.2) is 0 Å². The minimum atomic E-state index is 0.790. The van der Waals surface area contributed by atoms with Crippen LogP contribution in [0, 0.1) is 5.92 Å². The van der Waals surface area contributed by atoms with Gasteiger partial charge in [-0.25, -0.2) is 0 Å². The summed E-state index contributed by atoms with van der Waals surface area (Å²) in [5.41, 5.74) is 0. The molecule has 1 aliphatic carbocycles. The smallest absolute Gasteiger partial charge is 0.0223 e. The first-order valence-corrected chi connectivity index (χ1v) is 9.14. The van der Waals surface area contributed by atoms with E-state index in [9.17, 15) is 0 Å². The van der Waals surface area contributed by atoms with Gasteiger partial charge in [-0.2, -0.15) is 11.8 Å². The van der Waals surface area contributed by atoms with Crippen LogP contribution in [0.4, 0.5) is 0 Å². The van der Waals surface area contributed by atoms with Gasteiger partial charge >= 0.3 is 0 Å². The van der Waals surface area contributed by atoms with E-state index in [1.807, 2.05) is 0 Å². The molecule has 3 fully saturated rings. The maximum atomic E-state index is 3.86. The van der Waals surface area contributed by atoms with Crippen molar-refractivity contribution in [1.82, 2.24) is 10.2 Å². The Hall–Kier alpha value is 0.270. The first kappa shape index (κ1) is 13.3. The monoisotopic (exact) mass is 268 g/mol. The van der Waals surface area contributed by atoms with E-state index in [1.165, 1.54) is 76.1 Å². The highest BCUT2D eigenvalue weighted by Gasteiger charge is 2.30. The molecule has 18 heavy (non-hydrogen) atoms. The van der Waals surface area contributed by atoms with Gasteiger partial charge in [-0.05, 0) is 50.4 Å². The molecule has 0 amide bonds. The molecule has 3 heteroatoms. The maximum absolute atomic E-state index is 3.86. The molecule has 3 aliphatic rings. The van der Waals surface area contributed by atoms with Crippen LogP contribution < -0.4 is 5.32 Å². The summed E-state index contributed by atoms with van der Waals surface area (Å²) in [7, 11) is 0. The van der Waals surface area contributed by atoms with Crippen molar-refractivity contribution in [2.45, 2.75) is 57.0 Å². The Morgan fingerprint density at radius 2 is 1.89 bits per heavy atom. The molecule has 0 aromatic heterocycles. The molecular formula is C15H28N2S. The summed E-state index contributed by atoms with van der Waals surface area (Å²) in [6.07, 6.45) is 10.2. The minimum Gasteiger partial charge on any atom is -0.312 e. The molecule has 0 radical (unpaired) electrons. The molecule has 1 saturated carbocycles. The van der Waals surface area contributed by atoms with E-state index in [0.717, 1.165) is 18.0 Å². The molecule has 2 aliphatic heterocycles. The van der Waals surface area contributed by atoms with Crippen LogP contribution in [0.1, 0.15) is 44.9 Å². The van der Waals surface area contributed by atoms with E-state index in [0.29, 0.717) is 0 Å². The second-order valence-electron chi connectivity index (χ2n) is 6.32. The SMILES string of the molecule is C1CCC(C2CN(C3CCSC3)CCCN2)CC1. The zero-order chi connectivity index (χ0) is 12.2. The molecule has 0 aromatic rings. The number of hydrogen-bond acceptors (Lipinski definition) is 3. The third kappa shape index (κ3) is 3.23. The van der Waals surface area contributed by atoms with Gasteiger partial charge in [0.1, 0.15) is 0 Å². The second-order valence-corrected chi connectivity index (χ2v) is 7.47. The zero-order valence-electron chi connectivity index (χ0n) is 11.6. The van der Waals surface area contributed by atoms with Crippen LogP contribution in [0.3, 0.4) is 0 Å². The molecule has 2 atom stereocenters. The van der Waals surface area contributed by atoms with Gasteiger partial charge in [-0.1, -0.05) is 19.3 Å². The van der Waals surface area contributed by atoms with E-state index in [4.69, 9.17) is 0 Å². The van der Waals surface area contributed by atoms with Crippen molar-refractivity contribution in [2.24, 2.45) is 5.92 Å². The number of hydrogen-bond donors (Lipinski definition) is 1. The number of nitrogens with zero attached hydrogens (tertiary/aromatic N) is 1. The van der Waals surface area contributed by atoms with Crippen LogP contribution in [-0.4, -0.2) is 48.1 Å². The number of nitrogens with one attached hydrogen (secondary N) is 1. The molecule has 2 heterocycles. The third-order valence-corrected chi connectivity index (χ3v) is 6.25. The molecule has 3 rings (SSSR count). The van der Waals surface area contributed by atoms with Gasteiger partial charge in [0.05, 0.1) is 0 Å². The predicted octanol–water partition coefficient (Wildman–Crippen LogP) is 2.74. The predicted molar refractivity (Wildman–Crippen MR) is 80.3 cm³/mol. The van der Waals surface area contributed by atoms with Crippen molar-refractivity contribution in [2.75, 3.05) is 31.1 Å². The lowest BCUT2D eigenvalue weighted by Crippen LogP contribution is -2.46. The highest BCUT2D eigenvalue weighted by Crippen LogP contribution is 2.29. The quantitative estimate of drug-likeness (QED) is 0.829. The first-order valence-electron chi connectivity index (χ1n) is 7.98. The Morgan fingerprint density at radius 3 is 2.67 bits per heavy atom. The van der Waals surface area contributed by atoms with Crippen molar-refractivity contribution in [1.29, 1.82) is 0 Å². The molecular weight excluding hydrogens is 240 g/mol. The summed E-state index contributed by atoms with van der Waals surface area (Å²) in [5, 5.41) is 3.86. The van der Waals surface area contributed by atoms with Crippen LogP contribution in [0.2, 0.25) is 0 Å². The van der Waals surface area contributed by atoms with Gasteiger partial charge in [0.25, 0.3) is 0 Å². The summed E-state index contributed by atoms with van der Waals surface area (Å²) in [4.78, 5) is 2.82. The fourth-order valence-electron chi connectivity index (χ4n) is 3.97. The van der Waals surface area contributed by atoms with Crippen molar-refractivity contribution in [3.05, 3.63) is 0 Å². The second kappa shape index (κ2) is 6.62. The first-order chi connectivity index (χ1) is 8.93. The average molecular weight is 268 g/mol. The fourth-order valence-corrected chi connectivity index (χ4v) is 5.23. The summed E-state index contributed by atoms with van der Waals surface area (Å²) >= 11 is 2.16. The van der Waals surface area contributed by atoms with Gasteiger partial charge in [-0.15, -0.1) is 0 Å². The van der Waals surface area contributed by atoms with E-state index in [-0.39, 0.29) is 0 Å². The van der Waals surface area contributed by atoms with Crippen molar-refractivity contribution in [3.63, 3.8) is 0 Å². The van der Waals surface area contributed by atoms with Gasteiger partial charge < -0.3 is 5.32 Å². The summed E-state index contributed by atoms with van der Waals surface area (Å²) in [6.45, 7) is 3.91. The van der Waals surface area contributed by atoms with E-state index in [1.54, 1.807) is 0 Å². The van der Waals surface area contributed by atoms with Gasteiger partial charge in [-0.3, -0.25) is 4.90 Å². The van der Waals surface area contributed by atoms with Crippen molar-refractivity contribution >= 4 is 11.8 Å². The standard InChI is InChI=1S/C15H28N2S/c1-2-5-13(6-3-1)15-11-17(9-4-8-16-15)14-7-10-18-12-14/h13-16H,1-12H2. The van der Waals surface area contributed by atoms with E-state index in [2.05, 4.69) is 22.0 Å². The topological polar surface area (TPSA) is 15.3 Å². The van der Waals surface area contributed by atoms with Crippen LogP contribution in [0.25, 0.3) is 0 Å². The molecule has 0 spiro atoms. The lowest BCUT2D eigenvalue weighted by molar-refractivity contribution is 0.172. The van der Waals surface area contributed by atoms with Crippen molar-refractivity contribution in [3.8, 4) is 0 Å². The Bertz CT molecular complexity index is 247. The average Bonchev–Trinajstić information content (AvgIpc) is 2.85. The molecule has 2 saturated heterocycles. The van der Waals surface area contributed by atoms with E-state index >= 15 is 0 Å². The van der Waals surface area contributed by atoms with Crippen LogP contribution >= 0.6 is 11.8 Å². The molecule has 1 N–H and O–H groups in total. The van der Waals surface area contributed by atoms with Crippen LogP contribution in [0.15, 0.2) is 0 Å². The summed E-state index contributed by atoms with van der Waals surface area (Å²) < 4.78 is 0. The number of rotatable bonds is 2. The highest BCUT2D eigenvalue weighted by atomic mass is 32.2. The van der Waals surface area contributed by atoms with Gasteiger partial charge in [0.2, 0.25) is 0 Å². The summed E-state index contributed by atoms with van der Waals surface area (Å²) in [5.74, 6) is 3.74. The molecule has 0 bridgehead atoms. The lowest BCUT2D eigenvalue weighted by Gasteiger charge is -2.35. The Kier molecular flexibility index (Phi) is 4.88.